The van der Waals surface area contributed by atoms with E-state index in [1.807, 2.05) is 20.8 Å². The fourth-order valence-electron chi connectivity index (χ4n) is 2.80. The van der Waals surface area contributed by atoms with Crippen LogP contribution in [-0.2, 0) is 0 Å². The maximum Gasteiger partial charge on any atom is 0.341 e. The van der Waals surface area contributed by atoms with E-state index in [1.165, 1.54) is 12.3 Å². The number of carboxylic acid groups (broad SMARTS) is 1. The molecule has 2 aromatic heterocycles. The van der Waals surface area contributed by atoms with Gasteiger partial charge >= 0.3 is 5.97 Å². The number of rotatable bonds is 2. The van der Waals surface area contributed by atoms with Gasteiger partial charge in [0, 0.05) is 12.3 Å². The van der Waals surface area contributed by atoms with Crippen LogP contribution in [-0.4, -0.2) is 27.2 Å². The molecule has 0 fully saturated rings. The van der Waals surface area contributed by atoms with Crippen molar-refractivity contribution in [3.05, 3.63) is 44.8 Å². The molecule has 7 heteroatoms. The number of nitrogens with zero attached hydrogens (tertiary/aromatic N) is 2. The molecule has 0 aromatic carbocycles. The number of halogens is 1. The van der Waals surface area contributed by atoms with Gasteiger partial charge < -0.3 is 14.4 Å². The summed E-state index contributed by atoms with van der Waals surface area (Å²) in [6.45, 7) is 6.20. The van der Waals surface area contributed by atoms with Gasteiger partial charge in [0.1, 0.15) is 28.8 Å². The van der Waals surface area contributed by atoms with Gasteiger partial charge in [-0.3, -0.25) is 4.79 Å². The number of carbonyl (C=O) groups is 1. The molecule has 6 nitrogen and oxygen atoms in total. The molecule has 0 aliphatic carbocycles. The first kappa shape index (κ1) is 16.5. The molecule has 1 N–H and O–H groups in total. The van der Waals surface area contributed by atoms with Gasteiger partial charge in [-0.25, -0.2) is 9.78 Å². The summed E-state index contributed by atoms with van der Waals surface area (Å²) in [6.07, 6.45) is 1.37. The molecule has 0 radical (unpaired) electrons. The topological polar surface area (TPSA) is 81.4 Å². The monoisotopic (exact) mass is 348 g/mol. The van der Waals surface area contributed by atoms with E-state index in [1.54, 1.807) is 10.6 Å². The maximum atomic E-state index is 12.2. The Labute approximate surface area is 143 Å². The summed E-state index contributed by atoms with van der Waals surface area (Å²) >= 11 is 6.14. The minimum absolute atomic E-state index is 0.132. The van der Waals surface area contributed by atoms with Gasteiger partial charge in [0.2, 0.25) is 0 Å². The molecule has 0 saturated heterocycles. The maximum absolute atomic E-state index is 12.2. The molecule has 1 aliphatic heterocycles. The van der Waals surface area contributed by atoms with Crippen molar-refractivity contribution in [1.29, 1.82) is 0 Å². The van der Waals surface area contributed by atoms with Crippen molar-refractivity contribution >= 4 is 17.6 Å². The average Bonchev–Trinajstić information content (AvgIpc) is 2.64. The highest BCUT2D eigenvalue weighted by Gasteiger charge is 2.28. The van der Waals surface area contributed by atoms with E-state index < -0.39 is 11.4 Å². The van der Waals surface area contributed by atoms with Gasteiger partial charge in [-0.2, -0.15) is 0 Å². The number of hydrogen-bond donors (Lipinski definition) is 1. The fraction of sp³-hybridized carbons (Fsp3) is 0.353. The van der Waals surface area contributed by atoms with E-state index in [2.05, 4.69) is 4.98 Å². The van der Waals surface area contributed by atoms with Crippen LogP contribution >= 0.6 is 11.6 Å². The van der Waals surface area contributed by atoms with Gasteiger partial charge in [-0.05, 0) is 24.5 Å². The summed E-state index contributed by atoms with van der Waals surface area (Å²) in [6, 6.07) is 2.95. The fourth-order valence-corrected chi connectivity index (χ4v) is 2.94. The van der Waals surface area contributed by atoms with Crippen molar-refractivity contribution in [1.82, 2.24) is 9.55 Å². The van der Waals surface area contributed by atoms with Crippen LogP contribution in [0.5, 0.6) is 5.75 Å². The van der Waals surface area contributed by atoms with E-state index >= 15 is 0 Å². The number of hydrogen-bond acceptors (Lipinski definition) is 4. The van der Waals surface area contributed by atoms with Crippen molar-refractivity contribution in [2.24, 2.45) is 5.92 Å². The molecule has 3 heterocycles. The van der Waals surface area contributed by atoms with Crippen molar-refractivity contribution in [3.8, 4) is 17.1 Å². The number of fused-ring (bicyclic) bond motifs is 3. The lowest BCUT2D eigenvalue weighted by Gasteiger charge is -2.24. The average molecular weight is 349 g/mol. The SMILES string of the molecule is Cc1cc2c(nc1Cl)-c1cc(=O)c(C(=O)O)cn1[C@H](C(C)C)CO2. The van der Waals surface area contributed by atoms with Crippen LogP contribution in [0.4, 0.5) is 0 Å². The first-order valence-corrected chi connectivity index (χ1v) is 7.97. The van der Waals surface area contributed by atoms with Crippen molar-refractivity contribution in [2.75, 3.05) is 6.61 Å². The Bertz CT molecular complexity index is 889. The van der Waals surface area contributed by atoms with Crippen LogP contribution < -0.4 is 10.2 Å². The highest BCUT2D eigenvalue weighted by atomic mass is 35.5. The van der Waals surface area contributed by atoms with Crippen LogP contribution in [0.25, 0.3) is 11.4 Å². The summed E-state index contributed by atoms with van der Waals surface area (Å²) < 4.78 is 7.65. The highest BCUT2D eigenvalue weighted by molar-refractivity contribution is 6.30. The number of aryl methyl sites for hydroxylation is 1. The summed E-state index contributed by atoms with van der Waals surface area (Å²) in [5.41, 5.74) is 0.893. The van der Waals surface area contributed by atoms with Crippen LogP contribution in [0.15, 0.2) is 23.1 Å². The predicted molar refractivity (Wildman–Crippen MR) is 90.0 cm³/mol. The molecule has 0 saturated carbocycles. The zero-order valence-corrected chi connectivity index (χ0v) is 14.3. The molecule has 0 unspecified atom stereocenters. The van der Waals surface area contributed by atoms with Crippen LogP contribution in [0, 0.1) is 12.8 Å². The van der Waals surface area contributed by atoms with Gasteiger partial charge in [0.15, 0.2) is 5.43 Å². The molecular formula is C17H17ClN2O4. The third kappa shape index (κ3) is 2.67. The second-order valence-corrected chi connectivity index (χ2v) is 6.57. The first-order valence-electron chi connectivity index (χ1n) is 7.59. The molecule has 2 aromatic rings. The van der Waals surface area contributed by atoms with Crippen LogP contribution in [0.1, 0.15) is 35.8 Å². The summed E-state index contributed by atoms with van der Waals surface area (Å²) in [5, 5.41) is 9.58. The van der Waals surface area contributed by atoms with Crippen molar-refractivity contribution in [3.63, 3.8) is 0 Å². The molecule has 0 amide bonds. The van der Waals surface area contributed by atoms with Crippen molar-refractivity contribution in [2.45, 2.75) is 26.8 Å². The predicted octanol–water partition coefficient (Wildman–Crippen LogP) is 3.16. The summed E-state index contributed by atoms with van der Waals surface area (Å²) in [7, 11) is 0. The quantitative estimate of drug-likeness (QED) is 0.843. The minimum Gasteiger partial charge on any atom is -0.489 e. The number of pyridine rings is 2. The van der Waals surface area contributed by atoms with Gasteiger partial charge in [-0.1, -0.05) is 25.4 Å². The smallest absolute Gasteiger partial charge is 0.341 e. The second kappa shape index (κ2) is 5.94. The molecule has 126 valence electrons. The molecule has 3 rings (SSSR count). The number of aromatic nitrogens is 2. The molecule has 0 spiro atoms. The lowest BCUT2D eigenvalue weighted by atomic mass is 10.0. The van der Waals surface area contributed by atoms with Crippen molar-refractivity contribution < 1.29 is 14.6 Å². The highest BCUT2D eigenvalue weighted by Crippen LogP contribution is 2.37. The number of carboxylic acids is 1. The zero-order valence-electron chi connectivity index (χ0n) is 13.5. The lowest BCUT2D eigenvalue weighted by molar-refractivity contribution is 0.0694. The van der Waals surface area contributed by atoms with Gasteiger partial charge in [0.25, 0.3) is 0 Å². The van der Waals surface area contributed by atoms with E-state index in [0.717, 1.165) is 5.56 Å². The van der Waals surface area contributed by atoms with Gasteiger partial charge in [-0.15, -0.1) is 0 Å². The third-order valence-corrected chi connectivity index (χ3v) is 4.59. The van der Waals surface area contributed by atoms with Crippen LogP contribution in [0.2, 0.25) is 5.15 Å². The molecular weight excluding hydrogens is 332 g/mol. The van der Waals surface area contributed by atoms with E-state index in [9.17, 15) is 14.7 Å². The number of aromatic carboxylic acids is 1. The Morgan fingerprint density at radius 3 is 2.79 bits per heavy atom. The largest absolute Gasteiger partial charge is 0.489 e. The summed E-state index contributed by atoms with van der Waals surface area (Å²) in [5.74, 6) is -0.548. The number of ether oxygens (including phenoxy) is 1. The third-order valence-electron chi connectivity index (χ3n) is 4.21. The lowest BCUT2D eigenvalue weighted by Crippen LogP contribution is -2.25. The van der Waals surface area contributed by atoms with E-state index in [-0.39, 0.29) is 17.5 Å². The molecule has 0 bridgehead atoms. The van der Waals surface area contributed by atoms with E-state index in [4.69, 9.17) is 16.3 Å². The molecule has 1 aliphatic rings. The zero-order chi connectivity index (χ0) is 17.6. The Morgan fingerprint density at radius 2 is 2.17 bits per heavy atom. The van der Waals surface area contributed by atoms with E-state index in [0.29, 0.717) is 28.9 Å². The van der Waals surface area contributed by atoms with Crippen LogP contribution in [0.3, 0.4) is 0 Å². The summed E-state index contributed by atoms with van der Waals surface area (Å²) in [4.78, 5) is 27.9. The standard InChI is InChI=1S/C17H17ClN2O4/c1-8(2)12-7-24-14-4-9(3)16(18)19-15(14)11-5-13(21)10(17(22)23)6-20(11)12/h4-6,8,12H,7H2,1-3H3,(H,22,23)/t12-/m0/s1. The normalized spacial score (nSPS) is 16.1. The Balaban J connectivity index is 2.35. The second-order valence-electron chi connectivity index (χ2n) is 6.21. The Hall–Kier alpha value is -2.34. The molecule has 1 atom stereocenters. The minimum atomic E-state index is -1.25. The molecule has 24 heavy (non-hydrogen) atoms. The first-order chi connectivity index (χ1) is 11.3. The Morgan fingerprint density at radius 1 is 1.46 bits per heavy atom. The Kier molecular flexibility index (Phi) is 4.09. The van der Waals surface area contributed by atoms with Gasteiger partial charge in [0.05, 0.1) is 11.7 Å².